The van der Waals surface area contributed by atoms with Gasteiger partial charge in [-0.15, -0.1) is 0 Å². The van der Waals surface area contributed by atoms with E-state index in [0.29, 0.717) is 16.6 Å². The van der Waals surface area contributed by atoms with Gasteiger partial charge in [-0.25, -0.2) is 9.07 Å². The third-order valence-electron chi connectivity index (χ3n) is 5.93. The predicted octanol–water partition coefficient (Wildman–Crippen LogP) is 5.34. The van der Waals surface area contributed by atoms with E-state index in [4.69, 9.17) is 16.3 Å². The fraction of sp³-hybridized carbons (Fsp3) is 0.269. The number of hydrogen-bond donors (Lipinski definition) is 1. The van der Waals surface area contributed by atoms with E-state index in [1.165, 1.54) is 16.7 Å². The molecule has 0 radical (unpaired) electrons. The molecule has 1 amide bonds. The van der Waals surface area contributed by atoms with Gasteiger partial charge in [0.05, 0.1) is 23.4 Å². The van der Waals surface area contributed by atoms with Crippen LogP contribution >= 0.6 is 11.6 Å². The normalized spacial score (nSPS) is 13.5. The lowest BCUT2D eigenvalue weighted by molar-refractivity contribution is -0.175. The summed E-state index contributed by atoms with van der Waals surface area (Å²) in [6.07, 6.45) is -3.15. The number of amides is 1. The van der Waals surface area contributed by atoms with Gasteiger partial charge >= 0.3 is 12.1 Å². The Morgan fingerprint density at radius 2 is 1.84 bits per heavy atom. The fourth-order valence-corrected chi connectivity index (χ4v) is 4.28. The summed E-state index contributed by atoms with van der Waals surface area (Å²) in [6.45, 7) is 3.22. The SMILES string of the molecule is CC(C)[C@H](NC(=O)C(F)(F)F)[C@H](Oc1ccc2c(cnn2-c2ccc(=O)n(C)c2)c1)c1cc(F)cc(Cl)c1. The summed E-state index contributed by atoms with van der Waals surface area (Å²) < 4.78 is 62.7. The Balaban J connectivity index is 1.74. The van der Waals surface area contributed by atoms with Crippen LogP contribution in [0.1, 0.15) is 25.5 Å². The van der Waals surface area contributed by atoms with Crippen molar-refractivity contribution in [3.8, 4) is 11.4 Å². The maximum absolute atomic E-state index is 14.2. The van der Waals surface area contributed by atoms with Gasteiger partial charge in [0.25, 0.3) is 0 Å². The molecule has 12 heteroatoms. The van der Waals surface area contributed by atoms with Crippen LogP contribution in [0.3, 0.4) is 0 Å². The van der Waals surface area contributed by atoms with E-state index in [2.05, 4.69) is 5.10 Å². The number of carbonyl (C=O) groups excluding carboxylic acids is 1. The number of aromatic nitrogens is 3. The molecule has 7 nitrogen and oxygen atoms in total. The standard InChI is InChI=1S/C26H23ClF4N4O3/c1-14(2)23(33-25(37)26(29,30)31)24(15-8-17(27)11-18(28)9-15)38-20-5-6-21-16(10-20)12-32-35(21)19-4-7-22(36)34(3)13-19/h4-14,23-24H,1-3H3,(H,33,37)/t23-,24+/m0/s1. The first-order valence-electron chi connectivity index (χ1n) is 11.5. The summed E-state index contributed by atoms with van der Waals surface area (Å²) in [7, 11) is 1.62. The zero-order valence-electron chi connectivity index (χ0n) is 20.5. The molecule has 2 aromatic carbocycles. The summed E-state index contributed by atoms with van der Waals surface area (Å²) in [6, 6.07) is 10.3. The van der Waals surface area contributed by atoms with Crippen molar-refractivity contribution in [3.05, 3.63) is 87.7 Å². The number of nitrogens with zero attached hydrogens (tertiary/aromatic N) is 3. The van der Waals surface area contributed by atoms with Crippen molar-refractivity contribution in [2.24, 2.45) is 13.0 Å². The van der Waals surface area contributed by atoms with Crippen molar-refractivity contribution in [2.75, 3.05) is 0 Å². The lowest BCUT2D eigenvalue weighted by atomic mass is 9.92. The van der Waals surface area contributed by atoms with Gasteiger partial charge in [0.1, 0.15) is 17.7 Å². The molecule has 2 aromatic heterocycles. The molecule has 0 aliphatic rings. The van der Waals surface area contributed by atoms with Gasteiger partial charge < -0.3 is 14.6 Å². The van der Waals surface area contributed by atoms with Crippen LogP contribution in [0.25, 0.3) is 16.6 Å². The lowest BCUT2D eigenvalue weighted by Gasteiger charge is -2.32. The third-order valence-corrected chi connectivity index (χ3v) is 6.15. The van der Waals surface area contributed by atoms with Crippen molar-refractivity contribution in [2.45, 2.75) is 32.2 Å². The molecule has 38 heavy (non-hydrogen) atoms. The Hall–Kier alpha value is -3.86. The first kappa shape index (κ1) is 27.2. The maximum atomic E-state index is 14.2. The Kier molecular flexibility index (Phi) is 7.50. The van der Waals surface area contributed by atoms with Crippen LogP contribution in [0.4, 0.5) is 17.6 Å². The van der Waals surface area contributed by atoms with Gasteiger partial charge in [-0.2, -0.15) is 18.3 Å². The molecular formula is C26H23ClF4N4O3. The minimum atomic E-state index is -5.12. The van der Waals surface area contributed by atoms with Crippen molar-refractivity contribution < 1.29 is 27.1 Å². The molecule has 2 heterocycles. The first-order valence-corrected chi connectivity index (χ1v) is 11.9. The number of nitrogens with one attached hydrogen (secondary N) is 1. The molecule has 200 valence electrons. The first-order chi connectivity index (χ1) is 17.8. The number of aryl methyl sites for hydroxylation is 1. The van der Waals surface area contributed by atoms with Crippen molar-refractivity contribution in [1.29, 1.82) is 0 Å². The van der Waals surface area contributed by atoms with Crippen LogP contribution in [0.15, 0.2) is 65.7 Å². The predicted molar refractivity (Wildman–Crippen MR) is 134 cm³/mol. The number of benzene rings is 2. The number of halogens is 5. The Bertz CT molecular complexity index is 1530. The molecule has 0 saturated heterocycles. The molecule has 4 rings (SSSR count). The average Bonchev–Trinajstić information content (AvgIpc) is 3.24. The quantitative estimate of drug-likeness (QED) is 0.315. The van der Waals surface area contributed by atoms with Crippen molar-refractivity contribution in [1.82, 2.24) is 19.7 Å². The van der Waals surface area contributed by atoms with E-state index in [0.717, 1.165) is 12.1 Å². The van der Waals surface area contributed by atoms with Gasteiger partial charge in [0, 0.05) is 29.7 Å². The smallest absolute Gasteiger partial charge is 0.471 e. The van der Waals surface area contributed by atoms with Crippen LogP contribution < -0.4 is 15.6 Å². The molecule has 0 fully saturated rings. The summed E-state index contributed by atoms with van der Waals surface area (Å²) in [5.41, 5.74) is 1.28. The Morgan fingerprint density at radius 3 is 2.47 bits per heavy atom. The molecule has 0 unspecified atom stereocenters. The van der Waals surface area contributed by atoms with Gasteiger partial charge in [0.2, 0.25) is 5.56 Å². The van der Waals surface area contributed by atoms with E-state index in [9.17, 15) is 27.2 Å². The second kappa shape index (κ2) is 10.5. The highest BCUT2D eigenvalue weighted by molar-refractivity contribution is 6.30. The summed E-state index contributed by atoms with van der Waals surface area (Å²) in [5.74, 6) is -3.14. The van der Waals surface area contributed by atoms with Gasteiger partial charge in [-0.1, -0.05) is 25.4 Å². The summed E-state index contributed by atoms with van der Waals surface area (Å²) in [5, 5.41) is 7.01. The number of pyridine rings is 1. The number of hydrogen-bond acceptors (Lipinski definition) is 4. The number of fused-ring (bicyclic) bond motifs is 1. The van der Waals surface area contributed by atoms with Crippen LogP contribution in [0.2, 0.25) is 5.02 Å². The summed E-state index contributed by atoms with van der Waals surface area (Å²) in [4.78, 5) is 23.6. The van der Waals surface area contributed by atoms with Gasteiger partial charge in [-0.05, 0) is 53.9 Å². The average molecular weight is 551 g/mol. The number of alkyl halides is 3. The van der Waals surface area contributed by atoms with Gasteiger partial charge in [-0.3, -0.25) is 9.59 Å². The molecule has 0 bridgehead atoms. The minimum absolute atomic E-state index is 0.0206. The van der Waals surface area contributed by atoms with Crippen LogP contribution in [0, 0.1) is 11.7 Å². The summed E-state index contributed by atoms with van der Waals surface area (Å²) >= 11 is 6.02. The number of carbonyl (C=O) groups is 1. The molecule has 0 saturated carbocycles. The number of rotatable bonds is 7. The van der Waals surface area contributed by atoms with Crippen LogP contribution in [-0.2, 0) is 11.8 Å². The third kappa shape index (κ3) is 5.83. The monoisotopic (exact) mass is 550 g/mol. The zero-order chi connectivity index (χ0) is 27.8. The molecule has 0 aliphatic heterocycles. The second-order valence-corrected chi connectivity index (χ2v) is 9.53. The van der Waals surface area contributed by atoms with Crippen LogP contribution in [0.5, 0.6) is 5.75 Å². The second-order valence-electron chi connectivity index (χ2n) is 9.10. The van der Waals surface area contributed by atoms with Crippen molar-refractivity contribution >= 4 is 28.4 Å². The van der Waals surface area contributed by atoms with E-state index in [-0.39, 0.29) is 21.9 Å². The molecule has 0 aliphatic carbocycles. The van der Waals surface area contributed by atoms with Crippen LogP contribution in [-0.4, -0.2) is 32.5 Å². The maximum Gasteiger partial charge on any atom is 0.471 e. The highest BCUT2D eigenvalue weighted by Crippen LogP contribution is 2.33. The van der Waals surface area contributed by atoms with Gasteiger partial charge in [0.15, 0.2) is 0 Å². The Morgan fingerprint density at radius 1 is 1.11 bits per heavy atom. The van der Waals surface area contributed by atoms with Crippen molar-refractivity contribution in [3.63, 3.8) is 0 Å². The largest absolute Gasteiger partial charge is 0.484 e. The van der Waals surface area contributed by atoms with E-state index < -0.39 is 36.0 Å². The van der Waals surface area contributed by atoms with E-state index >= 15 is 0 Å². The highest BCUT2D eigenvalue weighted by Gasteiger charge is 2.42. The van der Waals surface area contributed by atoms with E-state index in [1.54, 1.807) is 62.2 Å². The lowest BCUT2D eigenvalue weighted by Crippen LogP contribution is -2.49. The molecule has 0 spiro atoms. The fourth-order valence-electron chi connectivity index (χ4n) is 4.05. The molecular weight excluding hydrogens is 528 g/mol. The van der Waals surface area contributed by atoms with E-state index in [1.807, 2.05) is 5.32 Å². The molecule has 2 atom stereocenters. The zero-order valence-corrected chi connectivity index (χ0v) is 21.2. The highest BCUT2D eigenvalue weighted by atomic mass is 35.5. The molecule has 4 aromatic rings. The minimum Gasteiger partial charge on any atom is -0.484 e. The Labute approximate surface area is 219 Å². The topological polar surface area (TPSA) is 78.2 Å². The number of ether oxygens (including phenoxy) is 1. The molecule has 1 N–H and O–H groups in total.